The molecule has 0 aromatic carbocycles. The van der Waals surface area contributed by atoms with E-state index in [1.807, 2.05) is 19.3 Å². The molecular formula is C15H19N3S. The van der Waals surface area contributed by atoms with Gasteiger partial charge in [0.2, 0.25) is 0 Å². The van der Waals surface area contributed by atoms with Crippen LogP contribution >= 0.6 is 11.3 Å². The van der Waals surface area contributed by atoms with Crippen LogP contribution in [0.1, 0.15) is 23.7 Å². The molecule has 0 saturated heterocycles. The van der Waals surface area contributed by atoms with Crippen molar-refractivity contribution in [3.05, 3.63) is 46.4 Å². The van der Waals surface area contributed by atoms with Crippen LogP contribution in [0.5, 0.6) is 0 Å². The Hall–Kier alpha value is -1.39. The van der Waals surface area contributed by atoms with Gasteiger partial charge in [-0.1, -0.05) is 0 Å². The lowest BCUT2D eigenvalue weighted by atomic mass is 10.1. The van der Waals surface area contributed by atoms with Crippen molar-refractivity contribution in [2.45, 2.75) is 18.9 Å². The van der Waals surface area contributed by atoms with Gasteiger partial charge < -0.3 is 10.2 Å². The Labute approximate surface area is 118 Å². The molecule has 3 nitrogen and oxygen atoms in total. The van der Waals surface area contributed by atoms with Crippen LogP contribution < -0.4 is 10.2 Å². The molecule has 0 saturated carbocycles. The lowest BCUT2D eigenvalue weighted by molar-refractivity contribution is 0.570. The lowest BCUT2D eigenvalue weighted by Gasteiger charge is -2.30. The Morgan fingerprint density at radius 1 is 1.47 bits per heavy atom. The van der Waals surface area contributed by atoms with Crippen LogP contribution in [0.2, 0.25) is 0 Å². The number of hydrogen-bond acceptors (Lipinski definition) is 4. The van der Waals surface area contributed by atoms with Crippen LogP contribution in [-0.2, 0) is 6.42 Å². The van der Waals surface area contributed by atoms with Crippen LogP contribution in [0, 0.1) is 0 Å². The van der Waals surface area contributed by atoms with E-state index in [2.05, 4.69) is 38.1 Å². The Morgan fingerprint density at radius 3 is 3.21 bits per heavy atom. The highest BCUT2D eigenvalue weighted by molar-refractivity contribution is 7.08. The van der Waals surface area contributed by atoms with Crippen LogP contribution in [0.15, 0.2) is 35.2 Å². The monoisotopic (exact) mass is 273 g/mol. The zero-order valence-corrected chi connectivity index (χ0v) is 12.0. The molecule has 0 fully saturated rings. The first-order valence-corrected chi connectivity index (χ1v) is 7.71. The molecule has 0 unspecified atom stereocenters. The normalized spacial score (nSPS) is 15.5. The number of nitrogens with zero attached hydrogens (tertiary/aromatic N) is 2. The molecule has 2 aromatic rings. The predicted octanol–water partition coefficient (Wildman–Crippen LogP) is 2.86. The fourth-order valence-corrected chi connectivity index (χ4v) is 3.51. The fraction of sp³-hybridized carbons (Fsp3) is 0.400. The SMILES string of the molecule is CNCC[C@@H](c1ccsc1)N1CCc2ncccc21. The second-order valence-corrected chi connectivity index (χ2v) is 5.66. The van der Waals surface area contributed by atoms with Gasteiger partial charge in [-0.15, -0.1) is 0 Å². The highest BCUT2D eigenvalue weighted by Gasteiger charge is 2.27. The Morgan fingerprint density at radius 2 is 2.42 bits per heavy atom. The minimum absolute atomic E-state index is 0.462. The summed E-state index contributed by atoms with van der Waals surface area (Å²) in [6, 6.07) is 6.96. The maximum absolute atomic E-state index is 4.50. The Balaban J connectivity index is 1.89. The van der Waals surface area contributed by atoms with Gasteiger partial charge in [0.1, 0.15) is 0 Å². The average molecular weight is 273 g/mol. The van der Waals surface area contributed by atoms with E-state index in [0.29, 0.717) is 6.04 Å². The number of aromatic nitrogens is 1. The van der Waals surface area contributed by atoms with E-state index in [0.717, 1.165) is 25.9 Å². The van der Waals surface area contributed by atoms with Crippen LogP contribution in [0.25, 0.3) is 0 Å². The summed E-state index contributed by atoms with van der Waals surface area (Å²) in [6.07, 6.45) is 4.09. The summed E-state index contributed by atoms with van der Waals surface area (Å²) < 4.78 is 0. The van der Waals surface area contributed by atoms with E-state index in [1.54, 1.807) is 11.3 Å². The molecule has 2 aromatic heterocycles. The summed E-state index contributed by atoms with van der Waals surface area (Å²) in [7, 11) is 2.02. The van der Waals surface area contributed by atoms with Crippen LogP contribution in [0.4, 0.5) is 5.69 Å². The molecule has 19 heavy (non-hydrogen) atoms. The van der Waals surface area contributed by atoms with Crippen molar-refractivity contribution in [1.82, 2.24) is 10.3 Å². The van der Waals surface area contributed by atoms with Gasteiger partial charge in [-0.3, -0.25) is 4.98 Å². The summed E-state index contributed by atoms with van der Waals surface area (Å²) in [5, 5.41) is 7.71. The molecule has 100 valence electrons. The molecule has 1 N–H and O–H groups in total. The van der Waals surface area contributed by atoms with Gasteiger partial charge >= 0.3 is 0 Å². The number of hydrogen-bond donors (Lipinski definition) is 1. The van der Waals surface area contributed by atoms with Gasteiger partial charge in [0, 0.05) is 19.2 Å². The molecule has 0 bridgehead atoms. The van der Waals surface area contributed by atoms with Gasteiger partial charge in [-0.05, 0) is 54.5 Å². The standard InChI is InChI=1S/C15H19N3S/c1-16-8-4-14(12-6-10-19-11-12)18-9-5-13-15(18)3-2-7-17-13/h2-3,6-7,10-11,14,16H,4-5,8-9H2,1H3/t14-/m0/s1. The molecule has 3 rings (SSSR count). The van der Waals surface area contributed by atoms with Crippen molar-refractivity contribution in [1.29, 1.82) is 0 Å². The number of anilines is 1. The summed E-state index contributed by atoms with van der Waals surface area (Å²) >= 11 is 1.78. The van der Waals surface area contributed by atoms with E-state index in [4.69, 9.17) is 0 Å². The maximum atomic E-state index is 4.50. The third-order valence-corrected chi connectivity index (χ3v) is 4.44. The fourth-order valence-electron chi connectivity index (χ4n) is 2.80. The smallest absolute Gasteiger partial charge is 0.0654 e. The zero-order chi connectivity index (χ0) is 13.1. The molecule has 0 aliphatic carbocycles. The zero-order valence-electron chi connectivity index (χ0n) is 11.2. The van der Waals surface area contributed by atoms with Gasteiger partial charge in [0.15, 0.2) is 0 Å². The molecule has 1 aliphatic heterocycles. The lowest BCUT2D eigenvalue weighted by Crippen LogP contribution is -2.29. The number of pyridine rings is 1. The van der Waals surface area contributed by atoms with E-state index >= 15 is 0 Å². The first-order valence-electron chi connectivity index (χ1n) is 6.77. The van der Waals surface area contributed by atoms with Gasteiger partial charge in [0.25, 0.3) is 0 Å². The quantitative estimate of drug-likeness (QED) is 0.908. The topological polar surface area (TPSA) is 28.2 Å². The predicted molar refractivity (Wildman–Crippen MR) is 80.9 cm³/mol. The third-order valence-electron chi connectivity index (χ3n) is 3.74. The Kier molecular flexibility index (Phi) is 3.80. The third kappa shape index (κ3) is 2.51. The molecular weight excluding hydrogens is 254 g/mol. The molecule has 0 spiro atoms. The highest BCUT2D eigenvalue weighted by atomic mass is 32.1. The molecule has 0 amide bonds. The number of fused-ring (bicyclic) bond motifs is 1. The molecule has 3 heterocycles. The van der Waals surface area contributed by atoms with E-state index in [9.17, 15) is 0 Å². The Bertz CT molecular complexity index is 524. The van der Waals surface area contributed by atoms with Crippen molar-refractivity contribution in [3.8, 4) is 0 Å². The summed E-state index contributed by atoms with van der Waals surface area (Å²) in [4.78, 5) is 7.01. The summed E-state index contributed by atoms with van der Waals surface area (Å²) in [5.41, 5.74) is 3.99. The summed E-state index contributed by atoms with van der Waals surface area (Å²) in [6.45, 7) is 2.11. The van der Waals surface area contributed by atoms with Gasteiger partial charge in [-0.2, -0.15) is 11.3 Å². The second kappa shape index (κ2) is 5.72. The number of nitrogens with one attached hydrogen (secondary N) is 1. The minimum atomic E-state index is 0.462. The van der Waals surface area contributed by atoms with E-state index < -0.39 is 0 Å². The molecule has 1 aliphatic rings. The minimum Gasteiger partial charge on any atom is -0.363 e. The van der Waals surface area contributed by atoms with E-state index in [-0.39, 0.29) is 0 Å². The average Bonchev–Trinajstić information content (AvgIpc) is 3.09. The summed E-state index contributed by atoms with van der Waals surface area (Å²) in [5.74, 6) is 0. The van der Waals surface area contributed by atoms with Crippen molar-refractivity contribution in [2.24, 2.45) is 0 Å². The van der Waals surface area contributed by atoms with Crippen molar-refractivity contribution in [2.75, 3.05) is 25.0 Å². The van der Waals surface area contributed by atoms with E-state index in [1.165, 1.54) is 16.9 Å². The second-order valence-electron chi connectivity index (χ2n) is 4.88. The number of thiophene rings is 1. The van der Waals surface area contributed by atoms with Crippen LogP contribution in [-0.4, -0.2) is 25.1 Å². The maximum Gasteiger partial charge on any atom is 0.0654 e. The van der Waals surface area contributed by atoms with Gasteiger partial charge in [-0.25, -0.2) is 0 Å². The number of rotatable bonds is 5. The largest absolute Gasteiger partial charge is 0.363 e. The highest BCUT2D eigenvalue weighted by Crippen LogP contribution is 2.36. The molecule has 4 heteroatoms. The van der Waals surface area contributed by atoms with Crippen molar-refractivity contribution < 1.29 is 0 Å². The molecule has 0 radical (unpaired) electrons. The first kappa shape index (κ1) is 12.6. The molecule has 1 atom stereocenters. The van der Waals surface area contributed by atoms with Gasteiger partial charge in [0.05, 0.1) is 17.4 Å². The van der Waals surface area contributed by atoms with Crippen molar-refractivity contribution in [3.63, 3.8) is 0 Å². The van der Waals surface area contributed by atoms with Crippen LogP contribution in [0.3, 0.4) is 0 Å². The first-order chi connectivity index (χ1) is 9.40. The van der Waals surface area contributed by atoms with Crippen molar-refractivity contribution >= 4 is 17.0 Å².